The largest absolute Gasteiger partial charge is 0.481 e. The van der Waals surface area contributed by atoms with Crippen LogP contribution < -0.4 is 0 Å². The number of halogens is 1. The highest BCUT2D eigenvalue weighted by Gasteiger charge is 2.28. The molecule has 1 amide bonds. The summed E-state index contributed by atoms with van der Waals surface area (Å²) in [4.78, 5) is 32.7. The van der Waals surface area contributed by atoms with Crippen molar-refractivity contribution in [2.75, 3.05) is 6.54 Å². The molecular formula is C13H16ClN3O3. The molecule has 1 aromatic rings. The second kappa shape index (κ2) is 6.65. The number of carboxylic acid groups (broad SMARTS) is 1. The lowest BCUT2D eigenvalue weighted by molar-refractivity contribution is -0.137. The van der Waals surface area contributed by atoms with Gasteiger partial charge in [0.15, 0.2) is 0 Å². The molecule has 20 heavy (non-hydrogen) atoms. The van der Waals surface area contributed by atoms with Gasteiger partial charge in [0.1, 0.15) is 10.8 Å². The Kier molecular flexibility index (Phi) is 4.89. The lowest BCUT2D eigenvalue weighted by Crippen LogP contribution is -2.44. The molecule has 6 nitrogen and oxygen atoms in total. The summed E-state index contributed by atoms with van der Waals surface area (Å²) >= 11 is 5.74. The van der Waals surface area contributed by atoms with Crippen LogP contribution in [0.2, 0.25) is 5.15 Å². The SMILES string of the molecule is O=C(O)CCC1CCCCN1C(=O)c1cncc(Cl)n1. The van der Waals surface area contributed by atoms with Crippen LogP contribution in [0.4, 0.5) is 0 Å². The number of amides is 1. The molecule has 1 saturated heterocycles. The lowest BCUT2D eigenvalue weighted by Gasteiger charge is -2.35. The van der Waals surface area contributed by atoms with Crippen LogP contribution in [0.3, 0.4) is 0 Å². The molecule has 0 saturated carbocycles. The molecule has 7 heteroatoms. The van der Waals surface area contributed by atoms with Gasteiger partial charge in [-0.05, 0) is 25.7 Å². The summed E-state index contributed by atoms with van der Waals surface area (Å²) in [6.45, 7) is 0.622. The highest BCUT2D eigenvalue weighted by molar-refractivity contribution is 6.29. The van der Waals surface area contributed by atoms with Crippen LogP contribution >= 0.6 is 11.6 Å². The number of likely N-dealkylation sites (tertiary alicyclic amines) is 1. The average molecular weight is 298 g/mol. The number of nitrogens with zero attached hydrogens (tertiary/aromatic N) is 3. The first-order valence-electron chi connectivity index (χ1n) is 6.58. The first kappa shape index (κ1) is 14.7. The average Bonchev–Trinajstić information content (AvgIpc) is 2.44. The molecule has 0 aromatic carbocycles. The van der Waals surface area contributed by atoms with Crippen molar-refractivity contribution in [3.63, 3.8) is 0 Å². The van der Waals surface area contributed by atoms with Gasteiger partial charge >= 0.3 is 5.97 Å². The Hall–Kier alpha value is -1.69. The minimum Gasteiger partial charge on any atom is -0.481 e. The van der Waals surface area contributed by atoms with Crippen molar-refractivity contribution in [3.8, 4) is 0 Å². The maximum Gasteiger partial charge on any atom is 0.303 e. The van der Waals surface area contributed by atoms with Crippen molar-refractivity contribution in [1.82, 2.24) is 14.9 Å². The lowest BCUT2D eigenvalue weighted by atomic mass is 9.97. The van der Waals surface area contributed by atoms with Gasteiger partial charge in [0.05, 0.1) is 12.4 Å². The smallest absolute Gasteiger partial charge is 0.303 e. The van der Waals surface area contributed by atoms with E-state index in [-0.39, 0.29) is 29.2 Å². The molecule has 108 valence electrons. The van der Waals surface area contributed by atoms with Crippen LogP contribution in [0, 0.1) is 0 Å². The Morgan fingerprint density at radius 1 is 1.40 bits per heavy atom. The van der Waals surface area contributed by atoms with E-state index in [4.69, 9.17) is 16.7 Å². The first-order chi connectivity index (χ1) is 9.58. The summed E-state index contributed by atoms with van der Waals surface area (Å²) in [6, 6.07) is -0.0480. The van der Waals surface area contributed by atoms with Crippen molar-refractivity contribution >= 4 is 23.5 Å². The Labute approximate surface area is 121 Å². The molecule has 1 unspecified atom stereocenters. The summed E-state index contributed by atoms with van der Waals surface area (Å²) in [5.74, 6) is -1.07. The quantitative estimate of drug-likeness (QED) is 0.919. The summed E-state index contributed by atoms with van der Waals surface area (Å²) in [7, 11) is 0. The summed E-state index contributed by atoms with van der Waals surface area (Å²) in [5.41, 5.74) is 0.208. The normalized spacial score (nSPS) is 18.9. The summed E-state index contributed by atoms with van der Waals surface area (Å²) < 4.78 is 0. The van der Waals surface area contributed by atoms with Gasteiger partial charge in [-0.25, -0.2) is 4.98 Å². The van der Waals surface area contributed by atoms with Gasteiger partial charge in [0.2, 0.25) is 0 Å². The fraction of sp³-hybridized carbons (Fsp3) is 0.538. The number of carbonyl (C=O) groups is 2. The molecule has 1 atom stereocenters. The Bertz CT molecular complexity index is 509. The molecule has 0 aliphatic carbocycles. The van der Waals surface area contributed by atoms with Crippen LogP contribution in [0.15, 0.2) is 12.4 Å². The van der Waals surface area contributed by atoms with Gasteiger partial charge in [0, 0.05) is 19.0 Å². The summed E-state index contributed by atoms with van der Waals surface area (Å²) in [5, 5.41) is 8.96. The van der Waals surface area contributed by atoms with Crippen molar-refractivity contribution in [1.29, 1.82) is 0 Å². The van der Waals surface area contributed by atoms with E-state index in [9.17, 15) is 9.59 Å². The molecule has 1 aliphatic rings. The molecule has 1 aromatic heterocycles. The number of hydrogen-bond acceptors (Lipinski definition) is 4. The van der Waals surface area contributed by atoms with Crippen molar-refractivity contribution < 1.29 is 14.7 Å². The number of aliphatic carboxylic acids is 1. The van der Waals surface area contributed by atoms with Gasteiger partial charge in [-0.3, -0.25) is 14.6 Å². The third kappa shape index (κ3) is 3.66. The molecule has 0 radical (unpaired) electrons. The first-order valence-corrected chi connectivity index (χ1v) is 6.96. The number of aromatic nitrogens is 2. The van der Waals surface area contributed by atoms with E-state index in [1.807, 2.05) is 0 Å². The highest BCUT2D eigenvalue weighted by atomic mass is 35.5. The van der Waals surface area contributed by atoms with Crippen molar-refractivity contribution in [2.45, 2.75) is 38.1 Å². The third-order valence-electron chi connectivity index (χ3n) is 3.40. The molecule has 2 rings (SSSR count). The number of piperidine rings is 1. The van der Waals surface area contributed by atoms with Gasteiger partial charge in [0.25, 0.3) is 5.91 Å². The molecule has 2 heterocycles. The number of rotatable bonds is 4. The number of carboxylic acids is 1. The predicted octanol–water partition coefficient (Wildman–Crippen LogP) is 1.99. The molecular weight excluding hydrogens is 282 g/mol. The predicted molar refractivity (Wildman–Crippen MR) is 72.6 cm³/mol. The fourth-order valence-electron chi connectivity index (χ4n) is 2.45. The zero-order valence-electron chi connectivity index (χ0n) is 11.0. The zero-order chi connectivity index (χ0) is 14.5. The van der Waals surface area contributed by atoms with E-state index in [0.717, 1.165) is 19.3 Å². The van der Waals surface area contributed by atoms with Gasteiger partial charge in [-0.2, -0.15) is 0 Å². The van der Waals surface area contributed by atoms with E-state index >= 15 is 0 Å². The molecule has 1 fully saturated rings. The minimum absolute atomic E-state index is 0.0480. The maximum atomic E-state index is 12.4. The summed E-state index contributed by atoms with van der Waals surface area (Å²) in [6.07, 6.45) is 6.05. The van der Waals surface area contributed by atoms with Crippen molar-refractivity contribution in [3.05, 3.63) is 23.2 Å². The number of hydrogen-bond donors (Lipinski definition) is 1. The third-order valence-corrected chi connectivity index (χ3v) is 3.59. The monoisotopic (exact) mass is 297 g/mol. The number of carbonyl (C=O) groups excluding carboxylic acids is 1. The fourth-order valence-corrected chi connectivity index (χ4v) is 2.60. The van der Waals surface area contributed by atoms with Crippen LogP contribution in [0.1, 0.15) is 42.6 Å². The van der Waals surface area contributed by atoms with Crippen molar-refractivity contribution in [2.24, 2.45) is 0 Å². The second-order valence-corrected chi connectivity index (χ2v) is 5.19. The van der Waals surface area contributed by atoms with Gasteiger partial charge in [-0.15, -0.1) is 0 Å². The van der Waals surface area contributed by atoms with Crippen LogP contribution in [-0.2, 0) is 4.79 Å². The Morgan fingerprint density at radius 2 is 2.20 bits per heavy atom. The molecule has 0 spiro atoms. The van der Waals surface area contributed by atoms with Gasteiger partial charge in [-0.1, -0.05) is 11.6 Å². The Morgan fingerprint density at radius 3 is 2.90 bits per heavy atom. The van der Waals surface area contributed by atoms with Crippen LogP contribution in [-0.4, -0.2) is 44.4 Å². The topological polar surface area (TPSA) is 83.4 Å². The van der Waals surface area contributed by atoms with Crippen LogP contribution in [0.25, 0.3) is 0 Å². The standard InChI is InChI=1S/C13H16ClN3O3/c14-11-8-15-7-10(16-11)13(20)17-6-2-1-3-9(17)4-5-12(18)19/h7-9H,1-6H2,(H,18,19). The van der Waals surface area contributed by atoms with E-state index in [2.05, 4.69) is 9.97 Å². The molecule has 0 bridgehead atoms. The minimum atomic E-state index is -0.842. The maximum absolute atomic E-state index is 12.4. The highest BCUT2D eigenvalue weighted by Crippen LogP contribution is 2.22. The van der Waals surface area contributed by atoms with E-state index in [1.54, 1.807) is 4.90 Å². The van der Waals surface area contributed by atoms with E-state index in [1.165, 1.54) is 12.4 Å². The zero-order valence-corrected chi connectivity index (χ0v) is 11.7. The van der Waals surface area contributed by atoms with Crippen LogP contribution in [0.5, 0.6) is 0 Å². The van der Waals surface area contributed by atoms with Gasteiger partial charge < -0.3 is 10.0 Å². The Balaban J connectivity index is 2.10. The second-order valence-electron chi connectivity index (χ2n) is 4.81. The van der Waals surface area contributed by atoms with E-state index < -0.39 is 5.97 Å². The molecule has 1 aliphatic heterocycles. The van der Waals surface area contributed by atoms with E-state index in [0.29, 0.717) is 13.0 Å². The molecule has 1 N–H and O–H groups in total.